The van der Waals surface area contributed by atoms with Gasteiger partial charge in [-0.1, -0.05) is 31.7 Å². The fourth-order valence-corrected chi connectivity index (χ4v) is 4.04. The summed E-state index contributed by atoms with van der Waals surface area (Å²) in [5.74, 6) is 0.152. The molecule has 34 heavy (non-hydrogen) atoms. The van der Waals surface area contributed by atoms with Crippen molar-refractivity contribution in [3.63, 3.8) is 0 Å². The second-order valence-corrected chi connectivity index (χ2v) is 8.24. The maximum absolute atomic E-state index is 13.0. The molecular weight excluding hydrogens is 434 g/mol. The lowest BCUT2D eigenvalue weighted by Gasteiger charge is -2.16. The number of rotatable bonds is 13. The molecule has 0 saturated carbocycles. The summed E-state index contributed by atoms with van der Waals surface area (Å²) in [6.45, 7) is 3.30. The van der Waals surface area contributed by atoms with E-state index in [1.165, 1.54) is 7.11 Å². The Morgan fingerprint density at radius 2 is 1.65 bits per heavy atom. The van der Waals surface area contributed by atoms with Gasteiger partial charge in [0.2, 0.25) is 0 Å². The van der Waals surface area contributed by atoms with E-state index in [2.05, 4.69) is 0 Å². The molecule has 0 atom stereocenters. The number of unbranched alkanes of at least 4 members (excludes halogenated alkanes) is 5. The minimum absolute atomic E-state index is 0.0749. The highest BCUT2D eigenvalue weighted by atomic mass is 16.5. The summed E-state index contributed by atoms with van der Waals surface area (Å²) in [7, 11) is 1.34. The number of amides is 1. The third-order valence-corrected chi connectivity index (χ3v) is 5.86. The van der Waals surface area contributed by atoms with Crippen molar-refractivity contribution in [1.82, 2.24) is 0 Å². The molecule has 7 nitrogen and oxygen atoms in total. The first kappa shape index (κ1) is 25.3. The maximum Gasteiger partial charge on any atom is 0.337 e. The van der Waals surface area contributed by atoms with Crippen molar-refractivity contribution in [2.75, 3.05) is 25.2 Å². The van der Waals surface area contributed by atoms with Crippen LogP contribution in [0.3, 0.4) is 0 Å². The molecule has 182 valence electrons. The fraction of sp³-hybridized carbons (Fsp3) is 0.444. The predicted octanol–water partition coefficient (Wildman–Crippen LogP) is 5.31. The van der Waals surface area contributed by atoms with Gasteiger partial charge in [-0.15, -0.1) is 0 Å². The monoisotopic (exact) mass is 467 g/mol. The zero-order valence-corrected chi connectivity index (χ0v) is 20.0. The lowest BCUT2D eigenvalue weighted by molar-refractivity contribution is -0.143. The van der Waals surface area contributed by atoms with Gasteiger partial charge < -0.3 is 19.1 Å². The van der Waals surface area contributed by atoms with E-state index in [-0.39, 0.29) is 11.9 Å². The highest BCUT2D eigenvalue weighted by Gasteiger charge is 2.31. The second-order valence-electron chi connectivity index (χ2n) is 8.24. The zero-order chi connectivity index (χ0) is 24.3. The van der Waals surface area contributed by atoms with Gasteiger partial charge in [0, 0.05) is 23.2 Å². The largest absolute Gasteiger partial charge is 0.493 e. The van der Waals surface area contributed by atoms with Crippen LogP contribution in [-0.4, -0.2) is 38.2 Å². The van der Waals surface area contributed by atoms with E-state index < -0.39 is 5.97 Å². The van der Waals surface area contributed by atoms with E-state index in [1.54, 1.807) is 29.2 Å². The molecule has 0 aliphatic carbocycles. The Kier molecular flexibility index (Phi) is 9.50. The van der Waals surface area contributed by atoms with Crippen LogP contribution in [0, 0.1) is 0 Å². The second kappa shape index (κ2) is 12.8. The van der Waals surface area contributed by atoms with Crippen LogP contribution in [0.25, 0.3) is 0 Å². The molecule has 0 bridgehead atoms. The number of hydrogen-bond donors (Lipinski definition) is 0. The maximum atomic E-state index is 13.0. The number of benzene rings is 2. The number of carbonyl (C=O) groups is 3. The summed E-state index contributed by atoms with van der Waals surface area (Å²) in [5, 5.41) is 0. The number of ether oxygens (including phenoxy) is 3. The number of methoxy groups -OCH3 is 1. The van der Waals surface area contributed by atoms with Crippen LogP contribution >= 0.6 is 0 Å². The SMILES string of the molecule is CCOC(=O)CCCCCCCCOc1cccc2c1CN(c1ccc(C(=O)OC)cc1)C2=O. The molecule has 2 aromatic rings. The van der Waals surface area contributed by atoms with E-state index in [0.717, 1.165) is 55.5 Å². The van der Waals surface area contributed by atoms with Gasteiger partial charge in [-0.3, -0.25) is 9.59 Å². The van der Waals surface area contributed by atoms with Crippen molar-refractivity contribution < 1.29 is 28.6 Å². The molecule has 0 saturated heterocycles. The molecule has 3 rings (SSSR count). The molecule has 0 spiro atoms. The minimum atomic E-state index is -0.407. The number of nitrogens with zero attached hydrogens (tertiary/aromatic N) is 1. The van der Waals surface area contributed by atoms with Crippen LogP contribution < -0.4 is 9.64 Å². The molecule has 1 amide bonds. The molecule has 7 heteroatoms. The quantitative estimate of drug-likeness (QED) is 0.293. The molecule has 0 unspecified atom stereocenters. The van der Waals surface area contributed by atoms with Gasteiger partial charge in [-0.2, -0.15) is 0 Å². The highest BCUT2D eigenvalue weighted by molar-refractivity contribution is 6.10. The first-order chi connectivity index (χ1) is 16.5. The van der Waals surface area contributed by atoms with Crippen LogP contribution in [0.2, 0.25) is 0 Å². The molecule has 0 fully saturated rings. The van der Waals surface area contributed by atoms with Gasteiger partial charge in [0.1, 0.15) is 5.75 Å². The number of carbonyl (C=O) groups excluding carboxylic acids is 3. The predicted molar refractivity (Wildman–Crippen MR) is 129 cm³/mol. The molecule has 0 radical (unpaired) electrons. The summed E-state index contributed by atoms with van der Waals surface area (Å²) in [6.07, 6.45) is 6.61. The summed E-state index contributed by atoms with van der Waals surface area (Å²) in [4.78, 5) is 37.6. The van der Waals surface area contributed by atoms with Crippen molar-refractivity contribution in [1.29, 1.82) is 0 Å². The van der Waals surface area contributed by atoms with Gasteiger partial charge in [-0.05, 0) is 56.2 Å². The lowest BCUT2D eigenvalue weighted by atomic mass is 10.1. The Labute approximate surface area is 201 Å². The molecule has 0 N–H and O–H groups in total. The van der Waals surface area contributed by atoms with Crippen molar-refractivity contribution in [2.45, 2.75) is 58.4 Å². The van der Waals surface area contributed by atoms with Gasteiger partial charge in [0.15, 0.2) is 0 Å². The number of anilines is 1. The molecular formula is C27H33NO6. The average Bonchev–Trinajstić information content (AvgIpc) is 3.20. The molecule has 1 aliphatic rings. The molecule has 2 aromatic carbocycles. The summed E-state index contributed by atoms with van der Waals surface area (Å²) in [6, 6.07) is 12.4. The molecule has 1 aliphatic heterocycles. The number of hydrogen-bond acceptors (Lipinski definition) is 6. The van der Waals surface area contributed by atoms with Gasteiger partial charge >= 0.3 is 11.9 Å². The van der Waals surface area contributed by atoms with Crippen LogP contribution in [0.4, 0.5) is 5.69 Å². The van der Waals surface area contributed by atoms with E-state index >= 15 is 0 Å². The topological polar surface area (TPSA) is 82.1 Å². The van der Waals surface area contributed by atoms with Gasteiger partial charge in [0.25, 0.3) is 5.91 Å². The number of fused-ring (bicyclic) bond motifs is 1. The average molecular weight is 468 g/mol. The van der Waals surface area contributed by atoms with Crippen LogP contribution in [-0.2, 0) is 20.8 Å². The Morgan fingerprint density at radius 3 is 2.35 bits per heavy atom. The standard InChI is InChI=1S/C27H33NO6/c1-3-33-25(29)13-8-6-4-5-7-9-18-34-24-12-10-11-22-23(24)19-28(26(22)30)21-16-14-20(15-17-21)27(31)32-2/h10-12,14-17H,3-9,13,18-19H2,1-2H3. The van der Waals surface area contributed by atoms with Gasteiger partial charge in [0.05, 0.1) is 32.4 Å². The van der Waals surface area contributed by atoms with Crippen molar-refractivity contribution in [3.8, 4) is 5.75 Å². The van der Waals surface area contributed by atoms with E-state index in [0.29, 0.717) is 37.3 Å². The third kappa shape index (κ3) is 6.59. The summed E-state index contributed by atoms with van der Waals surface area (Å²) in [5.41, 5.74) is 2.71. The van der Waals surface area contributed by atoms with E-state index in [1.807, 2.05) is 25.1 Å². The van der Waals surface area contributed by atoms with Crippen LogP contribution in [0.15, 0.2) is 42.5 Å². The summed E-state index contributed by atoms with van der Waals surface area (Å²) < 4.78 is 15.7. The summed E-state index contributed by atoms with van der Waals surface area (Å²) >= 11 is 0. The smallest absolute Gasteiger partial charge is 0.337 e. The Balaban J connectivity index is 1.44. The van der Waals surface area contributed by atoms with E-state index in [9.17, 15) is 14.4 Å². The Hall–Kier alpha value is -3.35. The highest BCUT2D eigenvalue weighted by Crippen LogP contribution is 2.34. The minimum Gasteiger partial charge on any atom is -0.493 e. The normalized spacial score (nSPS) is 12.4. The first-order valence-corrected chi connectivity index (χ1v) is 12.0. The lowest BCUT2D eigenvalue weighted by Crippen LogP contribution is -2.23. The fourth-order valence-electron chi connectivity index (χ4n) is 4.04. The number of esters is 2. The van der Waals surface area contributed by atoms with Crippen molar-refractivity contribution in [3.05, 3.63) is 59.2 Å². The molecule has 0 aromatic heterocycles. The first-order valence-electron chi connectivity index (χ1n) is 12.0. The van der Waals surface area contributed by atoms with Crippen molar-refractivity contribution >= 4 is 23.5 Å². The third-order valence-electron chi connectivity index (χ3n) is 5.86. The molecule has 1 heterocycles. The zero-order valence-electron chi connectivity index (χ0n) is 20.0. The van der Waals surface area contributed by atoms with Crippen molar-refractivity contribution in [2.24, 2.45) is 0 Å². The van der Waals surface area contributed by atoms with E-state index in [4.69, 9.17) is 14.2 Å². The Morgan fingerprint density at radius 1 is 0.941 bits per heavy atom. The Bertz CT molecular complexity index is 985. The van der Waals surface area contributed by atoms with Crippen LogP contribution in [0.1, 0.15) is 78.1 Å². The van der Waals surface area contributed by atoms with Gasteiger partial charge in [-0.25, -0.2) is 4.79 Å². The van der Waals surface area contributed by atoms with Crippen LogP contribution in [0.5, 0.6) is 5.75 Å².